The van der Waals surface area contributed by atoms with Crippen molar-refractivity contribution in [2.45, 2.75) is 25.4 Å². The fourth-order valence-electron chi connectivity index (χ4n) is 2.14. The Bertz CT molecular complexity index is 411. The highest BCUT2D eigenvalue weighted by atomic mass is 32.2. The number of nitrogens with zero attached hydrogens (tertiary/aromatic N) is 3. The lowest BCUT2D eigenvalue weighted by molar-refractivity contribution is 0.384. The Morgan fingerprint density at radius 2 is 2.18 bits per heavy atom. The van der Waals surface area contributed by atoms with Crippen LogP contribution in [0.2, 0.25) is 0 Å². The van der Waals surface area contributed by atoms with Gasteiger partial charge in [-0.2, -0.15) is 0 Å². The maximum absolute atomic E-state index is 12.6. The average Bonchev–Trinajstić information content (AvgIpc) is 2.81. The van der Waals surface area contributed by atoms with Gasteiger partial charge >= 0.3 is 0 Å². The molecule has 1 aliphatic heterocycles. The third-order valence-electron chi connectivity index (χ3n) is 3.33. The number of hydrogen-bond donors (Lipinski definition) is 0. The molecule has 17 heavy (non-hydrogen) atoms. The highest BCUT2D eigenvalue weighted by molar-refractivity contribution is 7.98. The zero-order chi connectivity index (χ0) is 12.4. The van der Waals surface area contributed by atoms with Gasteiger partial charge in [0.1, 0.15) is 5.82 Å². The molecule has 0 spiro atoms. The van der Waals surface area contributed by atoms with Crippen LogP contribution in [0.5, 0.6) is 0 Å². The van der Waals surface area contributed by atoms with E-state index in [-0.39, 0.29) is 12.6 Å². The minimum absolute atomic E-state index is 0.169. The molecule has 1 aliphatic rings. The van der Waals surface area contributed by atoms with E-state index < -0.39 is 0 Å². The lowest BCUT2D eigenvalue weighted by atomic mass is 10.1. The van der Waals surface area contributed by atoms with E-state index in [9.17, 15) is 4.39 Å². The molecular formula is C12H18FN3S. The molecule has 3 nitrogen and oxygen atoms in total. The first-order valence-corrected chi connectivity index (χ1v) is 7.08. The summed E-state index contributed by atoms with van der Waals surface area (Å²) in [6.07, 6.45) is 2.90. The van der Waals surface area contributed by atoms with Crippen LogP contribution in [0.15, 0.2) is 5.16 Å². The van der Waals surface area contributed by atoms with Crippen molar-refractivity contribution >= 4 is 17.6 Å². The molecule has 94 valence electrons. The summed E-state index contributed by atoms with van der Waals surface area (Å²) in [5, 5.41) is 0.798. The van der Waals surface area contributed by atoms with Crippen molar-refractivity contribution in [2.24, 2.45) is 5.92 Å². The van der Waals surface area contributed by atoms with E-state index in [0.29, 0.717) is 0 Å². The molecule has 0 bridgehead atoms. The smallest absolute Gasteiger partial charge is 0.189 e. The van der Waals surface area contributed by atoms with Crippen LogP contribution in [-0.4, -0.2) is 36.0 Å². The van der Waals surface area contributed by atoms with Crippen LogP contribution in [0.25, 0.3) is 0 Å². The van der Waals surface area contributed by atoms with Gasteiger partial charge in [0.15, 0.2) is 5.16 Å². The maximum Gasteiger partial charge on any atom is 0.189 e. The van der Waals surface area contributed by atoms with Gasteiger partial charge in [-0.1, -0.05) is 11.8 Å². The summed E-state index contributed by atoms with van der Waals surface area (Å²) in [7, 11) is 0. The van der Waals surface area contributed by atoms with E-state index in [1.54, 1.807) is 11.8 Å². The van der Waals surface area contributed by atoms with E-state index in [0.717, 1.165) is 41.7 Å². The SMILES string of the molecule is CSc1nc(C)c(C)c(N2CCC(CF)C2)n1. The lowest BCUT2D eigenvalue weighted by Gasteiger charge is -2.20. The van der Waals surface area contributed by atoms with Gasteiger partial charge in [0.2, 0.25) is 0 Å². The zero-order valence-electron chi connectivity index (χ0n) is 10.5. The van der Waals surface area contributed by atoms with Gasteiger partial charge in [0.05, 0.1) is 6.67 Å². The van der Waals surface area contributed by atoms with Gasteiger partial charge in [0, 0.05) is 30.3 Å². The Kier molecular flexibility index (Phi) is 3.86. The van der Waals surface area contributed by atoms with Crippen molar-refractivity contribution in [3.05, 3.63) is 11.3 Å². The van der Waals surface area contributed by atoms with Crippen LogP contribution in [-0.2, 0) is 0 Å². The number of hydrogen-bond acceptors (Lipinski definition) is 4. The molecule has 5 heteroatoms. The Hall–Kier alpha value is -0.840. The molecule has 1 atom stereocenters. The van der Waals surface area contributed by atoms with E-state index in [1.807, 2.05) is 20.1 Å². The summed E-state index contributed by atoms with van der Waals surface area (Å²) in [5.41, 5.74) is 2.13. The first kappa shape index (κ1) is 12.6. The predicted molar refractivity (Wildman–Crippen MR) is 69.6 cm³/mol. The largest absolute Gasteiger partial charge is 0.356 e. The van der Waals surface area contributed by atoms with E-state index in [1.165, 1.54) is 0 Å². The number of aromatic nitrogens is 2. The summed E-state index contributed by atoms with van der Waals surface area (Å²) in [5.74, 6) is 1.15. The molecule has 2 rings (SSSR count). The second-order valence-corrected chi connectivity index (χ2v) is 5.27. The van der Waals surface area contributed by atoms with Crippen molar-refractivity contribution in [1.82, 2.24) is 9.97 Å². The summed E-state index contributed by atoms with van der Waals surface area (Å²) < 4.78 is 12.6. The van der Waals surface area contributed by atoms with Gasteiger partial charge < -0.3 is 4.90 Å². The molecular weight excluding hydrogens is 237 g/mol. The number of thioether (sulfide) groups is 1. The van der Waals surface area contributed by atoms with Crippen LogP contribution in [0, 0.1) is 19.8 Å². The second-order valence-electron chi connectivity index (χ2n) is 4.50. The minimum atomic E-state index is -0.227. The molecule has 0 aliphatic carbocycles. The molecule has 2 heterocycles. The minimum Gasteiger partial charge on any atom is -0.356 e. The Labute approximate surface area is 106 Å². The first-order valence-electron chi connectivity index (χ1n) is 5.85. The third-order valence-corrected chi connectivity index (χ3v) is 3.88. The fourth-order valence-corrected chi connectivity index (χ4v) is 2.54. The molecule has 0 radical (unpaired) electrons. The Morgan fingerprint density at radius 3 is 2.76 bits per heavy atom. The number of alkyl halides is 1. The van der Waals surface area contributed by atoms with Crippen molar-refractivity contribution in [3.63, 3.8) is 0 Å². The quantitative estimate of drug-likeness (QED) is 0.613. The van der Waals surface area contributed by atoms with Crippen LogP contribution in [0.3, 0.4) is 0 Å². The maximum atomic E-state index is 12.6. The molecule has 0 N–H and O–H groups in total. The van der Waals surface area contributed by atoms with Crippen molar-refractivity contribution in [2.75, 3.05) is 30.9 Å². The molecule has 0 amide bonds. The van der Waals surface area contributed by atoms with Crippen LogP contribution in [0.4, 0.5) is 10.2 Å². The Balaban J connectivity index is 2.28. The van der Waals surface area contributed by atoms with Gasteiger partial charge in [-0.05, 0) is 26.5 Å². The molecule has 1 saturated heterocycles. The van der Waals surface area contributed by atoms with E-state index in [4.69, 9.17) is 0 Å². The fraction of sp³-hybridized carbons (Fsp3) is 0.667. The predicted octanol–water partition coefficient (Wildman–Crippen LogP) is 2.61. The highest BCUT2D eigenvalue weighted by Gasteiger charge is 2.25. The van der Waals surface area contributed by atoms with Crippen LogP contribution in [0.1, 0.15) is 17.7 Å². The molecule has 1 aromatic rings. The van der Waals surface area contributed by atoms with E-state index >= 15 is 0 Å². The summed E-state index contributed by atoms with van der Waals surface area (Å²) in [6.45, 7) is 5.50. The Morgan fingerprint density at radius 1 is 1.41 bits per heavy atom. The number of rotatable bonds is 3. The molecule has 0 saturated carbocycles. The van der Waals surface area contributed by atoms with E-state index in [2.05, 4.69) is 14.9 Å². The van der Waals surface area contributed by atoms with Gasteiger partial charge in [-0.15, -0.1) is 0 Å². The molecule has 0 aromatic carbocycles. The highest BCUT2D eigenvalue weighted by Crippen LogP contribution is 2.28. The van der Waals surface area contributed by atoms with Crippen molar-refractivity contribution < 1.29 is 4.39 Å². The van der Waals surface area contributed by atoms with Crippen molar-refractivity contribution in [3.8, 4) is 0 Å². The lowest BCUT2D eigenvalue weighted by Crippen LogP contribution is -2.23. The normalized spacial score (nSPS) is 20.0. The molecule has 1 fully saturated rings. The van der Waals surface area contributed by atoms with Crippen LogP contribution >= 0.6 is 11.8 Å². The summed E-state index contributed by atoms with van der Waals surface area (Å²) >= 11 is 1.55. The summed E-state index contributed by atoms with van der Waals surface area (Å²) in [6, 6.07) is 0. The molecule has 1 unspecified atom stereocenters. The van der Waals surface area contributed by atoms with Gasteiger partial charge in [-0.3, -0.25) is 4.39 Å². The first-order chi connectivity index (χ1) is 8.15. The average molecular weight is 255 g/mol. The second kappa shape index (κ2) is 5.21. The molecule has 1 aromatic heterocycles. The topological polar surface area (TPSA) is 29.0 Å². The number of anilines is 1. The summed E-state index contributed by atoms with van der Waals surface area (Å²) in [4.78, 5) is 11.2. The monoisotopic (exact) mass is 255 g/mol. The standard InChI is InChI=1S/C12H18FN3S/c1-8-9(2)14-12(17-3)15-11(8)16-5-4-10(6-13)7-16/h10H,4-7H2,1-3H3. The third kappa shape index (κ3) is 2.54. The van der Waals surface area contributed by atoms with Gasteiger partial charge in [0.25, 0.3) is 0 Å². The zero-order valence-corrected chi connectivity index (χ0v) is 11.4. The number of aryl methyl sites for hydroxylation is 1. The van der Waals surface area contributed by atoms with Crippen molar-refractivity contribution in [1.29, 1.82) is 0 Å². The number of halogens is 1. The van der Waals surface area contributed by atoms with Crippen LogP contribution < -0.4 is 4.90 Å². The van der Waals surface area contributed by atoms with Gasteiger partial charge in [-0.25, -0.2) is 9.97 Å².